The fraction of sp³-hybridized carbons (Fsp3) is 0.381. The predicted molar refractivity (Wildman–Crippen MR) is 107 cm³/mol. The number of aromatic amines is 1. The van der Waals surface area contributed by atoms with E-state index in [2.05, 4.69) is 27.0 Å². The summed E-state index contributed by atoms with van der Waals surface area (Å²) >= 11 is 6.21. The average molecular weight is 386 g/mol. The molecule has 0 saturated carbocycles. The molecule has 27 heavy (non-hydrogen) atoms. The number of nitrogens with one attached hydrogen (secondary N) is 1. The number of β-amino-alcohol motifs (C(OH)–C–C–N with tert-alkyl or cyclic N) is 1. The van der Waals surface area contributed by atoms with E-state index in [9.17, 15) is 5.11 Å². The number of imidazole rings is 1. The van der Waals surface area contributed by atoms with Gasteiger partial charge in [-0.3, -0.25) is 4.90 Å². The zero-order valence-electron chi connectivity index (χ0n) is 15.4. The Morgan fingerprint density at radius 2 is 2.19 bits per heavy atom. The van der Waals surface area contributed by atoms with E-state index >= 15 is 0 Å². The number of aryl methyl sites for hydroxylation is 1. The van der Waals surface area contributed by atoms with Crippen LogP contribution in [0, 0.1) is 6.92 Å². The first kappa shape index (κ1) is 18.3. The molecule has 2 N–H and O–H groups in total. The first-order chi connectivity index (χ1) is 13.0. The second-order valence-electron chi connectivity index (χ2n) is 7.52. The molecule has 0 aliphatic carbocycles. The molecule has 4 rings (SSSR count). The van der Waals surface area contributed by atoms with E-state index in [0.29, 0.717) is 17.3 Å². The molecule has 1 fully saturated rings. The van der Waals surface area contributed by atoms with Crippen molar-refractivity contribution in [3.63, 3.8) is 0 Å². The fourth-order valence-corrected chi connectivity index (χ4v) is 3.90. The number of halogens is 1. The van der Waals surface area contributed by atoms with Gasteiger partial charge < -0.3 is 14.8 Å². The summed E-state index contributed by atoms with van der Waals surface area (Å²) < 4.78 is 5.88. The van der Waals surface area contributed by atoms with Gasteiger partial charge in [0.1, 0.15) is 18.0 Å². The van der Waals surface area contributed by atoms with Crippen molar-refractivity contribution < 1.29 is 9.84 Å². The van der Waals surface area contributed by atoms with Gasteiger partial charge in [-0.15, -0.1) is 0 Å². The van der Waals surface area contributed by atoms with Crippen LogP contribution in [0.5, 0.6) is 5.75 Å². The summed E-state index contributed by atoms with van der Waals surface area (Å²) in [5.74, 6) is 0.631. The standard InChI is InChI=1S/C21H24ClN3O2/c1-15-3-5-17(22)20(9-15)27-13-21(26)7-2-8-25(12-21)11-16-4-6-18-19(10-16)24-14-23-18/h3-6,9-10,14,26H,2,7-8,11-13H2,1H3,(H,23,24). The van der Waals surface area contributed by atoms with E-state index < -0.39 is 5.60 Å². The van der Waals surface area contributed by atoms with Crippen LogP contribution in [0.1, 0.15) is 24.0 Å². The second-order valence-corrected chi connectivity index (χ2v) is 7.92. The highest BCUT2D eigenvalue weighted by molar-refractivity contribution is 6.32. The smallest absolute Gasteiger partial charge is 0.138 e. The van der Waals surface area contributed by atoms with Gasteiger partial charge in [0.05, 0.1) is 22.4 Å². The Hall–Kier alpha value is -2.08. The second kappa shape index (κ2) is 7.50. The molecule has 3 aromatic rings. The van der Waals surface area contributed by atoms with Crippen molar-refractivity contribution in [2.24, 2.45) is 0 Å². The summed E-state index contributed by atoms with van der Waals surface area (Å²) in [7, 11) is 0. The molecular formula is C21H24ClN3O2. The minimum absolute atomic E-state index is 0.242. The number of hydrogen-bond donors (Lipinski definition) is 2. The number of H-pyrrole nitrogens is 1. The third-order valence-electron chi connectivity index (χ3n) is 5.11. The molecule has 1 aliphatic rings. The van der Waals surface area contributed by atoms with Crippen molar-refractivity contribution >= 4 is 22.6 Å². The van der Waals surface area contributed by atoms with E-state index in [1.165, 1.54) is 5.56 Å². The van der Waals surface area contributed by atoms with Gasteiger partial charge in [-0.1, -0.05) is 23.7 Å². The summed E-state index contributed by atoms with van der Waals surface area (Å²) in [6.07, 6.45) is 3.38. The average Bonchev–Trinajstić information content (AvgIpc) is 3.10. The van der Waals surface area contributed by atoms with Crippen LogP contribution in [0.15, 0.2) is 42.7 Å². The predicted octanol–water partition coefficient (Wildman–Crippen LogP) is 3.93. The van der Waals surface area contributed by atoms with Crippen LogP contribution in [0.2, 0.25) is 5.02 Å². The van der Waals surface area contributed by atoms with Gasteiger partial charge in [-0.2, -0.15) is 0 Å². The molecule has 1 aromatic heterocycles. The number of hydrogen-bond acceptors (Lipinski definition) is 4. The largest absolute Gasteiger partial charge is 0.489 e. The number of aliphatic hydroxyl groups is 1. The number of piperidine rings is 1. The highest BCUT2D eigenvalue weighted by atomic mass is 35.5. The molecule has 5 nitrogen and oxygen atoms in total. The van der Waals surface area contributed by atoms with Crippen LogP contribution in [-0.2, 0) is 6.54 Å². The third-order valence-corrected chi connectivity index (χ3v) is 5.42. The summed E-state index contributed by atoms with van der Waals surface area (Å²) in [6, 6.07) is 11.9. The lowest BCUT2D eigenvalue weighted by Crippen LogP contribution is -2.51. The maximum Gasteiger partial charge on any atom is 0.138 e. The molecule has 1 unspecified atom stereocenters. The first-order valence-corrected chi connectivity index (χ1v) is 9.64. The first-order valence-electron chi connectivity index (χ1n) is 9.26. The van der Waals surface area contributed by atoms with Gasteiger partial charge in [0.2, 0.25) is 0 Å². The molecule has 0 amide bonds. The molecule has 6 heteroatoms. The van der Waals surface area contributed by atoms with Gasteiger partial charge in [-0.05, 0) is 61.7 Å². The Kier molecular flexibility index (Phi) is 5.08. The lowest BCUT2D eigenvalue weighted by molar-refractivity contribution is -0.0620. The molecule has 0 spiro atoms. The number of nitrogens with zero attached hydrogens (tertiary/aromatic N) is 2. The Bertz CT molecular complexity index is 942. The molecule has 2 heterocycles. The van der Waals surface area contributed by atoms with E-state index in [1.807, 2.05) is 31.2 Å². The van der Waals surface area contributed by atoms with Gasteiger partial charge in [0, 0.05) is 13.1 Å². The number of aromatic nitrogens is 2. The van der Waals surface area contributed by atoms with Gasteiger partial charge in [0.15, 0.2) is 0 Å². The van der Waals surface area contributed by atoms with Crippen LogP contribution in [0.25, 0.3) is 11.0 Å². The topological polar surface area (TPSA) is 61.4 Å². The Balaban J connectivity index is 1.41. The summed E-state index contributed by atoms with van der Waals surface area (Å²) in [6.45, 7) is 4.58. The lowest BCUT2D eigenvalue weighted by Gasteiger charge is -2.39. The van der Waals surface area contributed by atoms with Crippen LogP contribution >= 0.6 is 11.6 Å². The van der Waals surface area contributed by atoms with Gasteiger partial charge in [0.25, 0.3) is 0 Å². The van der Waals surface area contributed by atoms with Gasteiger partial charge in [-0.25, -0.2) is 4.98 Å². The summed E-state index contributed by atoms with van der Waals surface area (Å²) in [5.41, 5.74) is 3.43. The van der Waals surface area contributed by atoms with E-state index in [-0.39, 0.29) is 6.61 Å². The SMILES string of the molecule is Cc1ccc(Cl)c(OCC2(O)CCCN(Cc3ccc4nc[nH]c4c3)C2)c1. The van der Waals surface area contributed by atoms with E-state index in [1.54, 1.807) is 6.33 Å². The van der Waals surface area contributed by atoms with Crippen LogP contribution in [0.3, 0.4) is 0 Å². The summed E-state index contributed by atoms with van der Waals surface area (Å²) in [4.78, 5) is 9.69. The number of ether oxygens (including phenoxy) is 1. The third kappa shape index (κ3) is 4.26. The maximum atomic E-state index is 11.1. The number of benzene rings is 2. The Morgan fingerprint density at radius 1 is 1.30 bits per heavy atom. The summed E-state index contributed by atoms with van der Waals surface area (Å²) in [5, 5.41) is 11.6. The van der Waals surface area contributed by atoms with Crippen LogP contribution in [-0.4, -0.2) is 45.3 Å². The number of rotatable bonds is 5. The molecule has 1 atom stereocenters. The monoisotopic (exact) mass is 385 g/mol. The van der Waals surface area contributed by atoms with Crippen molar-refractivity contribution in [2.45, 2.75) is 31.9 Å². The highest BCUT2D eigenvalue weighted by Crippen LogP contribution is 2.29. The lowest BCUT2D eigenvalue weighted by atomic mass is 9.93. The van der Waals surface area contributed by atoms with Gasteiger partial charge >= 0.3 is 0 Å². The van der Waals surface area contributed by atoms with Crippen molar-refractivity contribution in [2.75, 3.05) is 19.7 Å². The molecular weight excluding hydrogens is 362 g/mol. The molecule has 0 bridgehead atoms. The van der Waals surface area contributed by atoms with Crippen LogP contribution < -0.4 is 4.74 Å². The number of fused-ring (bicyclic) bond motifs is 1. The van der Waals surface area contributed by atoms with Crippen molar-refractivity contribution in [3.05, 3.63) is 58.9 Å². The molecule has 2 aromatic carbocycles. The zero-order valence-corrected chi connectivity index (χ0v) is 16.2. The minimum Gasteiger partial charge on any atom is -0.489 e. The quantitative estimate of drug-likeness (QED) is 0.698. The number of likely N-dealkylation sites (tertiary alicyclic amines) is 1. The minimum atomic E-state index is -0.872. The Labute approximate surface area is 163 Å². The highest BCUT2D eigenvalue weighted by Gasteiger charge is 2.34. The molecule has 1 saturated heterocycles. The normalized spacial score (nSPS) is 20.9. The van der Waals surface area contributed by atoms with E-state index in [4.69, 9.17) is 16.3 Å². The Morgan fingerprint density at radius 3 is 3.07 bits per heavy atom. The van der Waals surface area contributed by atoms with Crippen molar-refractivity contribution in [1.29, 1.82) is 0 Å². The maximum absolute atomic E-state index is 11.1. The fourth-order valence-electron chi connectivity index (χ4n) is 3.73. The molecule has 0 radical (unpaired) electrons. The van der Waals surface area contributed by atoms with E-state index in [0.717, 1.165) is 42.5 Å². The molecule has 1 aliphatic heterocycles. The zero-order chi connectivity index (χ0) is 18.9. The van der Waals surface area contributed by atoms with Crippen molar-refractivity contribution in [3.8, 4) is 5.75 Å². The van der Waals surface area contributed by atoms with Crippen LogP contribution in [0.4, 0.5) is 0 Å². The van der Waals surface area contributed by atoms with Crippen molar-refractivity contribution in [1.82, 2.24) is 14.9 Å². The molecule has 142 valence electrons.